The first kappa shape index (κ1) is 14.9. The lowest BCUT2D eigenvalue weighted by Gasteiger charge is -2.25. The van der Waals surface area contributed by atoms with E-state index in [9.17, 15) is 9.59 Å². The van der Waals surface area contributed by atoms with Gasteiger partial charge < -0.3 is 20.9 Å². The van der Waals surface area contributed by atoms with E-state index in [0.29, 0.717) is 19.4 Å². The molecule has 4 N–H and O–H groups in total. The Morgan fingerprint density at radius 2 is 2.12 bits per heavy atom. The normalized spacial score (nSPS) is 14.2. The van der Waals surface area contributed by atoms with Crippen molar-refractivity contribution in [3.8, 4) is 0 Å². The van der Waals surface area contributed by atoms with E-state index < -0.39 is 17.4 Å². The molecule has 1 atom stereocenters. The molecule has 94 valence electrons. The fourth-order valence-electron chi connectivity index (χ4n) is 1.31. The van der Waals surface area contributed by atoms with Crippen LogP contribution in [-0.2, 0) is 14.3 Å². The number of nitrogens with one attached hydrogen (secondary N) is 1. The van der Waals surface area contributed by atoms with Gasteiger partial charge in [0.2, 0.25) is 5.91 Å². The summed E-state index contributed by atoms with van der Waals surface area (Å²) in [6, 6.07) is 0. The third kappa shape index (κ3) is 5.09. The minimum Gasteiger partial charge on any atom is -0.480 e. The van der Waals surface area contributed by atoms with Gasteiger partial charge >= 0.3 is 5.97 Å². The number of rotatable bonds is 8. The Morgan fingerprint density at radius 3 is 2.56 bits per heavy atom. The molecule has 0 aliphatic rings. The van der Waals surface area contributed by atoms with Crippen LogP contribution in [0.15, 0.2) is 0 Å². The molecule has 16 heavy (non-hydrogen) atoms. The summed E-state index contributed by atoms with van der Waals surface area (Å²) >= 11 is 0. The number of carbonyl (C=O) groups excluding carboxylic acids is 1. The fourth-order valence-corrected chi connectivity index (χ4v) is 1.31. The Labute approximate surface area is 95.1 Å². The van der Waals surface area contributed by atoms with E-state index >= 15 is 0 Å². The highest BCUT2D eigenvalue weighted by atomic mass is 16.5. The maximum absolute atomic E-state index is 11.4. The summed E-state index contributed by atoms with van der Waals surface area (Å²) in [7, 11) is 0. The summed E-state index contributed by atoms with van der Waals surface area (Å²) in [6.07, 6.45) is 1.05. The van der Waals surface area contributed by atoms with Crippen molar-refractivity contribution in [3.63, 3.8) is 0 Å². The third-order valence-electron chi connectivity index (χ3n) is 2.13. The maximum atomic E-state index is 11.4. The zero-order valence-electron chi connectivity index (χ0n) is 9.78. The van der Waals surface area contributed by atoms with Gasteiger partial charge in [-0.05, 0) is 13.3 Å². The molecule has 6 nitrogen and oxygen atoms in total. The largest absolute Gasteiger partial charge is 0.480 e. The summed E-state index contributed by atoms with van der Waals surface area (Å²) in [5.74, 6) is -1.48. The second kappa shape index (κ2) is 7.19. The van der Waals surface area contributed by atoms with Crippen molar-refractivity contribution in [3.05, 3.63) is 0 Å². The van der Waals surface area contributed by atoms with E-state index in [2.05, 4.69) is 5.32 Å². The first-order chi connectivity index (χ1) is 7.46. The number of hydrogen-bond acceptors (Lipinski definition) is 4. The van der Waals surface area contributed by atoms with E-state index in [4.69, 9.17) is 15.6 Å². The number of ether oxygens (including phenoxy) is 1. The molecule has 1 amide bonds. The molecule has 0 heterocycles. The van der Waals surface area contributed by atoms with Gasteiger partial charge in [0.15, 0.2) is 0 Å². The zero-order valence-corrected chi connectivity index (χ0v) is 9.78. The van der Waals surface area contributed by atoms with Crippen LogP contribution in [0.4, 0.5) is 0 Å². The van der Waals surface area contributed by atoms with E-state index in [0.717, 1.165) is 0 Å². The highest BCUT2D eigenvalue weighted by Crippen LogP contribution is 2.12. The molecule has 0 fully saturated rings. The van der Waals surface area contributed by atoms with Crippen LogP contribution in [0.5, 0.6) is 0 Å². The average Bonchev–Trinajstić information content (AvgIpc) is 2.18. The van der Waals surface area contributed by atoms with Crippen LogP contribution in [0.3, 0.4) is 0 Å². The zero-order chi connectivity index (χ0) is 12.6. The predicted molar refractivity (Wildman–Crippen MR) is 59.0 cm³/mol. The third-order valence-corrected chi connectivity index (χ3v) is 2.13. The Bertz CT molecular complexity index is 245. The fraction of sp³-hybridized carbons (Fsp3) is 0.800. The summed E-state index contributed by atoms with van der Waals surface area (Å²) < 4.78 is 4.92. The minimum atomic E-state index is -1.22. The van der Waals surface area contributed by atoms with E-state index in [1.807, 2.05) is 6.92 Å². The number of nitrogens with two attached hydrogens (primary N) is 1. The first-order valence-electron chi connectivity index (χ1n) is 5.28. The Hall–Kier alpha value is -1.14. The van der Waals surface area contributed by atoms with E-state index in [1.165, 1.54) is 6.92 Å². The van der Waals surface area contributed by atoms with Gasteiger partial charge in [0.05, 0.1) is 6.61 Å². The molecule has 0 aromatic rings. The lowest BCUT2D eigenvalue weighted by Crippen LogP contribution is -2.53. The van der Waals surface area contributed by atoms with Crippen LogP contribution < -0.4 is 11.1 Å². The maximum Gasteiger partial charge on any atom is 0.329 e. The van der Waals surface area contributed by atoms with Crippen LogP contribution in [-0.4, -0.2) is 42.3 Å². The molecule has 6 heteroatoms. The van der Waals surface area contributed by atoms with Crippen molar-refractivity contribution in [1.29, 1.82) is 0 Å². The van der Waals surface area contributed by atoms with Crippen molar-refractivity contribution < 1.29 is 19.4 Å². The molecule has 0 saturated carbocycles. The van der Waals surface area contributed by atoms with Gasteiger partial charge in [-0.3, -0.25) is 4.79 Å². The SMILES string of the molecule is CCCC(C)(NC(=O)COCCN)C(=O)O. The van der Waals surface area contributed by atoms with Gasteiger partial charge in [-0.1, -0.05) is 13.3 Å². The molecule has 0 radical (unpaired) electrons. The quantitative estimate of drug-likeness (QED) is 0.500. The second-order valence-corrected chi connectivity index (χ2v) is 3.78. The van der Waals surface area contributed by atoms with Crippen LogP contribution in [0.2, 0.25) is 0 Å². The molecule has 0 aliphatic carbocycles. The molecular formula is C10H20N2O4. The number of carbonyl (C=O) groups is 2. The first-order valence-corrected chi connectivity index (χ1v) is 5.28. The molecular weight excluding hydrogens is 212 g/mol. The molecule has 0 aliphatic heterocycles. The highest BCUT2D eigenvalue weighted by Gasteiger charge is 2.33. The molecule has 1 unspecified atom stereocenters. The Kier molecular flexibility index (Phi) is 6.67. The summed E-state index contributed by atoms with van der Waals surface area (Å²) in [4.78, 5) is 22.4. The molecule has 0 aromatic heterocycles. The Morgan fingerprint density at radius 1 is 1.50 bits per heavy atom. The molecule has 0 saturated heterocycles. The summed E-state index contributed by atoms with van der Waals surface area (Å²) in [5, 5.41) is 11.5. The minimum absolute atomic E-state index is 0.163. The summed E-state index contributed by atoms with van der Waals surface area (Å²) in [6.45, 7) is 3.80. The van der Waals surface area contributed by atoms with Crippen LogP contribution >= 0.6 is 0 Å². The van der Waals surface area contributed by atoms with Crippen molar-refractivity contribution in [2.45, 2.75) is 32.2 Å². The van der Waals surface area contributed by atoms with Gasteiger partial charge in [0.1, 0.15) is 12.1 Å². The van der Waals surface area contributed by atoms with Crippen molar-refractivity contribution >= 4 is 11.9 Å². The Balaban J connectivity index is 4.19. The van der Waals surface area contributed by atoms with Crippen molar-refractivity contribution in [2.75, 3.05) is 19.8 Å². The smallest absolute Gasteiger partial charge is 0.329 e. The van der Waals surface area contributed by atoms with E-state index in [1.54, 1.807) is 0 Å². The second-order valence-electron chi connectivity index (χ2n) is 3.78. The molecule has 0 rings (SSSR count). The molecule has 0 bridgehead atoms. The monoisotopic (exact) mass is 232 g/mol. The van der Waals surface area contributed by atoms with E-state index in [-0.39, 0.29) is 13.2 Å². The van der Waals surface area contributed by atoms with Gasteiger partial charge in [0, 0.05) is 6.54 Å². The van der Waals surface area contributed by atoms with Crippen LogP contribution in [0.25, 0.3) is 0 Å². The lowest BCUT2D eigenvalue weighted by atomic mass is 9.96. The lowest BCUT2D eigenvalue weighted by molar-refractivity contribution is -0.148. The van der Waals surface area contributed by atoms with Crippen LogP contribution in [0.1, 0.15) is 26.7 Å². The number of amides is 1. The van der Waals surface area contributed by atoms with Gasteiger partial charge in [-0.15, -0.1) is 0 Å². The number of carboxylic acids is 1. The van der Waals surface area contributed by atoms with Crippen molar-refractivity contribution in [1.82, 2.24) is 5.32 Å². The number of aliphatic carboxylic acids is 1. The highest BCUT2D eigenvalue weighted by molar-refractivity contribution is 5.87. The number of carboxylic acid groups (broad SMARTS) is 1. The van der Waals surface area contributed by atoms with Crippen molar-refractivity contribution in [2.24, 2.45) is 5.73 Å². The topological polar surface area (TPSA) is 102 Å². The van der Waals surface area contributed by atoms with Gasteiger partial charge in [-0.25, -0.2) is 4.79 Å². The molecule has 0 spiro atoms. The van der Waals surface area contributed by atoms with Crippen LogP contribution in [0, 0.1) is 0 Å². The predicted octanol–water partition coefficient (Wildman–Crippen LogP) is -0.279. The number of hydrogen-bond donors (Lipinski definition) is 3. The standard InChI is InChI=1S/C10H20N2O4/c1-3-4-10(2,9(14)15)12-8(13)7-16-6-5-11/h3-7,11H2,1-2H3,(H,12,13)(H,14,15). The summed E-state index contributed by atoms with van der Waals surface area (Å²) in [5.41, 5.74) is 3.96. The average molecular weight is 232 g/mol. The molecule has 0 aromatic carbocycles. The van der Waals surface area contributed by atoms with Gasteiger partial charge in [-0.2, -0.15) is 0 Å². The van der Waals surface area contributed by atoms with Gasteiger partial charge in [0.25, 0.3) is 0 Å².